The lowest BCUT2D eigenvalue weighted by Gasteiger charge is -2.11. The molecule has 1 aromatic heterocycles. The quantitative estimate of drug-likeness (QED) is 0.469. The third kappa shape index (κ3) is 3.27. The van der Waals surface area contributed by atoms with Gasteiger partial charge in [0.2, 0.25) is 0 Å². The predicted molar refractivity (Wildman–Crippen MR) is 91.5 cm³/mol. The molecule has 0 atom stereocenters. The fourth-order valence-electron chi connectivity index (χ4n) is 2.26. The summed E-state index contributed by atoms with van der Waals surface area (Å²) in [5.41, 5.74) is 2.66. The smallest absolute Gasteiger partial charge is 0.338 e. The number of hydrogen-bond donors (Lipinski definition) is 0. The number of benzene rings is 2. The lowest BCUT2D eigenvalue weighted by molar-refractivity contribution is 0.0524. The first kappa shape index (κ1) is 16.9. The molecule has 0 aliphatic heterocycles. The topological polar surface area (TPSA) is 39.2 Å². The SMILES string of the molecule is CCOC(=O)c1ccc(F)c(F)c1CSc1cccc2ncsc12. The van der Waals surface area contributed by atoms with Gasteiger partial charge in [-0.15, -0.1) is 23.1 Å². The molecule has 0 amide bonds. The Morgan fingerprint density at radius 2 is 2.12 bits per heavy atom. The van der Waals surface area contributed by atoms with E-state index in [1.54, 1.807) is 12.4 Å². The van der Waals surface area contributed by atoms with Crippen molar-refractivity contribution < 1.29 is 18.3 Å². The number of rotatable bonds is 5. The Labute approximate surface area is 145 Å². The molecule has 0 fully saturated rings. The van der Waals surface area contributed by atoms with Gasteiger partial charge >= 0.3 is 5.97 Å². The average molecular weight is 365 g/mol. The molecule has 0 aliphatic rings. The number of esters is 1. The van der Waals surface area contributed by atoms with E-state index >= 15 is 0 Å². The minimum atomic E-state index is -1.01. The summed E-state index contributed by atoms with van der Waals surface area (Å²) in [4.78, 5) is 17.1. The van der Waals surface area contributed by atoms with Crippen LogP contribution >= 0.6 is 23.1 Å². The summed E-state index contributed by atoms with van der Waals surface area (Å²) >= 11 is 2.82. The maximum Gasteiger partial charge on any atom is 0.338 e. The third-order valence-corrected chi connectivity index (χ3v) is 5.47. The van der Waals surface area contributed by atoms with Gasteiger partial charge < -0.3 is 4.74 Å². The van der Waals surface area contributed by atoms with E-state index in [1.807, 2.05) is 18.2 Å². The zero-order valence-electron chi connectivity index (χ0n) is 12.7. The van der Waals surface area contributed by atoms with Gasteiger partial charge in [0.15, 0.2) is 11.6 Å². The van der Waals surface area contributed by atoms with Gasteiger partial charge in [0.05, 0.1) is 27.9 Å². The van der Waals surface area contributed by atoms with E-state index in [-0.39, 0.29) is 23.5 Å². The maximum atomic E-state index is 14.2. The number of ether oxygens (including phenoxy) is 1. The highest BCUT2D eigenvalue weighted by Gasteiger charge is 2.20. The molecule has 3 rings (SSSR count). The second kappa shape index (κ2) is 7.27. The minimum absolute atomic E-state index is 0.0139. The molecule has 1 heterocycles. The molecule has 0 bridgehead atoms. The van der Waals surface area contributed by atoms with Crippen molar-refractivity contribution in [2.45, 2.75) is 17.6 Å². The number of thiazole rings is 1. The van der Waals surface area contributed by atoms with Crippen LogP contribution in [-0.2, 0) is 10.5 Å². The van der Waals surface area contributed by atoms with E-state index in [4.69, 9.17) is 4.74 Å². The van der Waals surface area contributed by atoms with Crippen molar-refractivity contribution >= 4 is 39.3 Å². The molecule has 0 N–H and O–H groups in total. The first-order valence-electron chi connectivity index (χ1n) is 7.20. The molecular formula is C17H13F2NO2S2. The molecule has 0 saturated heterocycles. The van der Waals surface area contributed by atoms with Crippen molar-refractivity contribution in [3.8, 4) is 0 Å². The molecule has 0 unspecified atom stereocenters. The molecule has 0 radical (unpaired) electrons. The molecule has 0 saturated carbocycles. The highest BCUT2D eigenvalue weighted by Crippen LogP contribution is 2.34. The Morgan fingerprint density at radius 1 is 1.29 bits per heavy atom. The number of aromatic nitrogens is 1. The maximum absolute atomic E-state index is 14.2. The fourth-order valence-corrected chi connectivity index (χ4v) is 4.27. The number of nitrogens with zero attached hydrogens (tertiary/aromatic N) is 1. The van der Waals surface area contributed by atoms with E-state index in [9.17, 15) is 13.6 Å². The first-order chi connectivity index (χ1) is 11.6. The lowest BCUT2D eigenvalue weighted by Crippen LogP contribution is -2.10. The second-order valence-corrected chi connectivity index (χ2v) is 6.73. The number of fused-ring (bicyclic) bond motifs is 1. The number of carbonyl (C=O) groups excluding carboxylic acids is 1. The van der Waals surface area contributed by atoms with Crippen LogP contribution in [0.25, 0.3) is 10.2 Å². The number of hydrogen-bond acceptors (Lipinski definition) is 5. The largest absolute Gasteiger partial charge is 0.462 e. The monoisotopic (exact) mass is 365 g/mol. The van der Waals surface area contributed by atoms with Crippen LogP contribution in [0.2, 0.25) is 0 Å². The third-order valence-electron chi connectivity index (χ3n) is 3.38. The molecule has 0 aliphatic carbocycles. The van der Waals surface area contributed by atoms with Crippen LogP contribution in [0.4, 0.5) is 8.78 Å². The van der Waals surface area contributed by atoms with Gasteiger partial charge in [-0.05, 0) is 31.2 Å². The molecule has 3 aromatic rings. The summed E-state index contributed by atoms with van der Waals surface area (Å²) in [5, 5.41) is 0. The fraction of sp³-hybridized carbons (Fsp3) is 0.176. The minimum Gasteiger partial charge on any atom is -0.462 e. The van der Waals surface area contributed by atoms with E-state index in [2.05, 4.69) is 4.98 Å². The van der Waals surface area contributed by atoms with E-state index in [1.165, 1.54) is 29.2 Å². The number of thioether (sulfide) groups is 1. The average Bonchev–Trinajstić information content (AvgIpc) is 3.05. The van der Waals surface area contributed by atoms with Crippen LogP contribution in [0.15, 0.2) is 40.7 Å². The van der Waals surface area contributed by atoms with Crippen molar-refractivity contribution in [2.75, 3.05) is 6.61 Å². The Hall–Kier alpha value is -1.99. The second-order valence-electron chi connectivity index (χ2n) is 4.85. The Kier molecular flexibility index (Phi) is 5.11. The predicted octanol–water partition coefficient (Wildman–Crippen LogP) is 5.04. The summed E-state index contributed by atoms with van der Waals surface area (Å²) in [7, 11) is 0. The van der Waals surface area contributed by atoms with Gasteiger partial charge in [-0.2, -0.15) is 0 Å². The number of halogens is 2. The Bertz CT molecular complexity index is 895. The van der Waals surface area contributed by atoms with Crippen molar-refractivity contribution in [3.63, 3.8) is 0 Å². The Morgan fingerprint density at radius 3 is 2.92 bits per heavy atom. The van der Waals surface area contributed by atoms with Crippen LogP contribution in [0.3, 0.4) is 0 Å². The zero-order valence-corrected chi connectivity index (χ0v) is 14.3. The van der Waals surface area contributed by atoms with Gasteiger partial charge in [0, 0.05) is 16.2 Å². The highest BCUT2D eigenvalue weighted by molar-refractivity contribution is 7.98. The molecule has 3 nitrogen and oxygen atoms in total. The van der Waals surface area contributed by atoms with Gasteiger partial charge in [0.25, 0.3) is 0 Å². The van der Waals surface area contributed by atoms with Gasteiger partial charge in [-0.1, -0.05) is 6.07 Å². The van der Waals surface area contributed by atoms with Crippen LogP contribution in [-0.4, -0.2) is 17.6 Å². The van der Waals surface area contributed by atoms with Crippen LogP contribution in [0, 0.1) is 11.6 Å². The van der Waals surface area contributed by atoms with Crippen molar-refractivity contribution in [1.82, 2.24) is 4.98 Å². The molecule has 2 aromatic carbocycles. The number of carbonyl (C=O) groups is 1. The van der Waals surface area contributed by atoms with E-state index in [0.717, 1.165) is 21.2 Å². The normalized spacial score (nSPS) is 11.0. The van der Waals surface area contributed by atoms with Crippen molar-refractivity contribution in [2.24, 2.45) is 0 Å². The summed E-state index contributed by atoms with van der Waals surface area (Å²) in [6.45, 7) is 1.83. The molecule has 0 spiro atoms. The summed E-state index contributed by atoms with van der Waals surface area (Å²) in [5.74, 6) is -2.52. The van der Waals surface area contributed by atoms with Crippen LogP contribution < -0.4 is 0 Å². The Balaban J connectivity index is 1.93. The molecule has 24 heavy (non-hydrogen) atoms. The standard InChI is InChI=1S/C17H13F2NO2S2/c1-2-22-17(21)10-6-7-12(18)15(19)11(10)8-23-14-5-3-4-13-16(14)24-9-20-13/h3-7,9H,2,8H2,1H3. The molecular weight excluding hydrogens is 352 g/mol. The van der Waals surface area contributed by atoms with Crippen LogP contribution in [0.1, 0.15) is 22.8 Å². The van der Waals surface area contributed by atoms with E-state index in [0.29, 0.717) is 0 Å². The highest BCUT2D eigenvalue weighted by atomic mass is 32.2. The first-order valence-corrected chi connectivity index (χ1v) is 9.07. The summed E-state index contributed by atoms with van der Waals surface area (Å²) < 4.78 is 33.7. The van der Waals surface area contributed by atoms with E-state index < -0.39 is 17.6 Å². The van der Waals surface area contributed by atoms with Gasteiger partial charge in [-0.25, -0.2) is 18.6 Å². The molecule has 124 valence electrons. The summed E-state index contributed by atoms with van der Waals surface area (Å²) in [6.07, 6.45) is 0. The van der Waals surface area contributed by atoms with Crippen molar-refractivity contribution in [1.29, 1.82) is 0 Å². The molecule has 7 heteroatoms. The van der Waals surface area contributed by atoms with Crippen molar-refractivity contribution in [3.05, 3.63) is 58.6 Å². The summed E-state index contributed by atoms with van der Waals surface area (Å²) in [6, 6.07) is 7.85. The van der Waals surface area contributed by atoms with Gasteiger partial charge in [0.1, 0.15) is 0 Å². The zero-order chi connectivity index (χ0) is 17.1. The van der Waals surface area contributed by atoms with Crippen LogP contribution in [0.5, 0.6) is 0 Å². The van der Waals surface area contributed by atoms with Gasteiger partial charge in [-0.3, -0.25) is 0 Å². The lowest BCUT2D eigenvalue weighted by atomic mass is 10.1.